The average Bonchev–Trinajstić information content (AvgIpc) is 3.01. The maximum absolute atomic E-state index is 10.9. The van der Waals surface area contributed by atoms with Crippen LogP contribution < -0.4 is 11.5 Å². The number of benzene rings is 2. The zero-order valence-electron chi connectivity index (χ0n) is 14.5. The van der Waals surface area contributed by atoms with E-state index in [2.05, 4.69) is 20.3 Å². The number of hydrogen-bond donors (Lipinski definition) is 2. The van der Waals surface area contributed by atoms with Crippen LogP contribution in [0.15, 0.2) is 53.6 Å². The largest absolute Gasteiger partial charge is 0.382 e. The Morgan fingerprint density at radius 2 is 1.75 bits per heavy atom. The van der Waals surface area contributed by atoms with E-state index in [1.807, 2.05) is 24.3 Å². The number of hydrogen-bond acceptors (Lipinski definition) is 5. The number of anilines is 1. The number of amides is 1. The molecule has 28 heavy (non-hydrogen) atoms. The second kappa shape index (κ2) is 10.2. The Bertz CT molecular complexity index is 1010. The predicted octanol–water partition coefficient (Wildman–Crippen LogP) is 3.81. The highest BCUT2D eigenvalue weighted by Gasteiger charge is 2.14. The lowest BCUT2D eigenvalue weighted by Gasteiger charge is -2.03. The van der Waals surface area contributed by atoms with Crippen molar-refractivity contribution in [2.75, 3.05) is 5.73 Å². The van der Waals surface area contributed by atoms with Gasteiger partial charge in [-0.25, -0.2) is 4.68 Å². The van der Waals surface area contributed by atoms with E-state index in [9.17, 15) is 4.79 Å². The van der Waals surface area contributed by atoms with Crippen LogP contribution >= 0.6 is 23.2 Å². The number of halogens is 2. The molecule has 1 heterocycles. The first-order chi connectivity index (χ1) is 13.4. The van der Waals surface area contributed by atoms with Gasteiger partial charge in [-0.3, -0.25) is 4.79 Å². The molecule has 4 N–H and O–H groups in total. The third-order valence-electron chi connectivity index (χ3n) is 3.43. The van der Waals surface area contributed by atoms with Crippen molar-refractivity contribution in [3.05, 3.63) is 85.8 Å². The highest BCUT2D eigenvalue weighted by molar-refractivity contribution is 6.30. The summed E-state index contributed by atoms with van der Waals surface area (Å²) in [5.41, 5.74) is 20.6. The van der Waals surface area contributed by atoms with Gasteiger partial charge in [0.15, 0.2) is 11.5 Å². The third-order valence-corrected chi connectivity index (χ3v) is 3.90. The van der Waals surface area contributed by atoms with Gasteiger partial charge in [-0.15, -0.1) is 5.10 Å². The van der Waals surface area contributed by atoms with Crippen molar-refractivity contribution in [3.8, 4) is 0 Å². The van der Waals surface area contributed by atoms with Crippen LogP contribution in [-0.2, 0) is 13.1 Å². The van der Waals surface area contributed by atoms with E-state index in [0.717, 1.165) is 11.1 Å². The summed E-state index contributed by atoms with van der Waals surface area (Å²) in [4.78, 5) is 13.6. The number of azide groups is 1. The molecular weight excluding hydrogens is 403 g/mol. The minimum atomic E-state index is -0.695. The Balaban J connectivity index is 0.000000221. The predicted molar refractivity (Wildman–Crippen MR) is 108 cm³/mol. The van der Waals surface area contributed by atoms with Gasteiger partial charge in [0.05, 0.1) is 13.1 Å². The van der Waals surface area contributed by atoms with Gasteiger partial charge >= 0.3 is 0 Å². The molecule has 0 aliphatic heterocycles. The van der Waals surface area contributed by atoms with Crippen LogP contribution in [0.25, 0.3) is 10.4 Å². The molecule has 3 aromatic rings. The lowest BCUT2D eigenvalue weighted by molar-refractivity contribution is 0.0996. The lowest BCUT2D eigenvalue weighted by atomic mass is 10.2. The van der Waals surface area contributed by atoms with Crippen LogP contribution in [0.3, 0.4) is 0 Å². The van der Waals surface area contributed by atoms with E-state index in [-0.39, 0.29) is 11.5 Å². The van der Waals surface area contributed by atoms with Crippen LogP contribution in [0.5, 0.6) is 0 Å². The van der Waals surface area contributed by atoms with E-state index in [1.165, 1.54) is 4.68 Å². The van der Waals surface area contributed by atoms with Crippen LogP contribution in [0.2, 0.25) is 10.0 Å². The van der Waals surface area contributed by atoms with Crippen LogP contribution in [0.4, 0.5) is 5.82 Å². The number of nitrogens with two attached hydrogens (primary N) is 2. The number of rotatable bonds is 5. The fourth-order valence-electron chi connectivity index (χ4n) is 2.17. The van der Waals surface area contributed by atoms with Crippen molar-refractivity contribution in [2.24, 2.45) is 10.8 Å². The number of carbonyl (C=O) groups excluding carboxylic acids is 1. The number of nitrogens with zero attached hydrogens (tertiary/aromatic N) is 6. The topological polar surface area (TPSA) is 149 Å². The molecule has 2 aromatic carbocycles. The first-order valence-corrected chi connectivity index (χ1v) is 8.64. The van der Waals surface area contributed by atoms with Crippen LogP contribution in [0, 0.1) is 0 Å². The van der Waals surface area contributed by atoms with Gasteiger partial charge in [0.2, 0.25) is 0 Å². The van der Waals surface area contributed by atoms with Gasteiger partial charge in [-0.2, -0.15) is 0 Å². The molecule has 3 rings (SSSR count). The number of aromatic nitrogens is 3. The van der Waals surface area contributed by atoms with Gasteiger partial charge in [0, 0.05) is 15.0 Å². The third kappa shape index (κ3) is 6.17. The summed E-state index contributed by atoms with van der Waals surface area (Å²) in [6, 6.07) is 14.5. The molecular formula is C17H16Cl2N8O. The monoisotopic (exact) mass is 418 g/mol. The standard InChI is InChI=1S/C10H10ClN5O.C7H6ClN3/c11-7-3-1-2-6(4-7)5-16-9(12)8(10(13)17)14-15-16;8-7-3-1-2-6(4-7)5-10-11-9/h1-4H,5,12H2,(H2,13,17);1-4H,5H2. The first-order valence-electron chi connectivity index (χ1n) is 7.89. The Hall–Kier alpha value is -3.26. The molecule has 0 saturated carbocycles. The summed E-state index contributed by atoms with van der Waals surface area (Å²) in [5, 5.41) is 12.1. The van der Waals surface area contributed by atoms with E-state index in [1.54, 1.807) is 24.3 Å². The fourth-order valence-corrected chi connectivity index (χ4v) is 2.60. The summed E-state index contributed by atoms with van der Waals surface area (Å²) in [6.07, 6.45) is 0. The molecule has 0 radical (unpaired) electrons. The van der Waals surface area contributed by atoms with Crippen molar-refractivity contribution >= 4 is 34.9 Å². The zero-order valence-corrected chi connectivity index (χ0v) is 16.0. The molecule has 0 fully saturated rings. The van der Waals surface area contributed by atoms with E-state index in [4.69, 9.17) is 40.2 Å². The summed E-state index contributed by atoms with van der Waals surface area (Å²) in [7, 11) is 0. The van der Waals surface area contributed by atoms with Gasteiger partial charge < -0.3 is 11.5 Å². The zero-order chi connectivity index (χ0) is 20.5. The molecule has 0 bridgehead atoms. The first kappa shape index (κ1) is 21.0. The minimum Gasteiger partial charge on any atom is -0.382 e. The maximum Gasteiger partial charge on any atom is 0.273 e. The highest BCUT2D eigenvalue weighted by atomic mass is 35.5. The van der Waals surface area contributed by atoms with E-state index in [0.29, 0.717) is 23.1 Å². The summed E-state index contributed by atoms with van der Waals surface area (Å²) >= 11 is 11.5. The molecule has 144 valence electrons. The minimum absolute atomic E-state index is 0.0213. The quantitative estimate of drug-likeness (QED) is 0.367. The maximum atomic E-state index is 10.9. The smallest absolute Gasteiger partial charge is 0.273 e. The molecule has 9 nitrogen and oxygen atoms in total. The highest BCUT2D eigenvalue weighted by Crippen LogP contribution is 2.14. The van der Waals surface area contributed by atoms with Crippen molar-refractivity contribution < 1.29 is 4.79 Å². The summed E-state index contributed by atoms with van der Waals surface area (Å²) in [5.74, 6) is -0.544. The Morgan fingerprint density at radius 3 is 2.29 bits per heavy atom. The number of nitrogen functional groups attached to an aromatic ring is 1. The van der Waals surface area contributed by atoms with Crippen molar-refractivity contribution in [1.82, 2.24) is 15.0 Å². The normalized spacial score (nSPS) is 9.79. The molecule has 0 unspecified atom stereocenters. The summed E-state index contributed by atoms with van der Waals surface area (Å²) in [6.45, 7) is 0.740. The van der Waals surface area contributed by atoms with E-state index < -0.39 is 5.91 Å². The fraction of sp³-hybridized carbons (Fsp3) is 0.118. The average molecular weight is 419 g/mol. The molecule has 0 atom stereocenters. The molecule has 1 amide bonds. The number of primary amides is 1. The van der Waals surface area contributed by atoms with Gasteiger partial charge in [0.25, 0.3) is 5.91 Å². The van der Waals surface area contributed by atoms with Crippen LogP contribution in [0.1, 0.15) is 21.6 Å². The lowest BCUT2D eigenvalue weighted by Crippen LogP contribution is -2.14. The molecule has 11 heteroatoms. The molecule has 0 spiro atoms. The van der Waals surface area contributed by atoms with Crippen LogP contribution in [-0.4, -0.2) is 20.9 Å². The van der Waals surface area contributed by atoms with Crippen molar-refractivity contribution in [3.63, 3.8) is 0 Å². The molecule has 1 aromatic heterocycles. The Kier molecular flexibility index (Phi) is 7.65. The van der Waals surface area contributed by atoms with E-state index >= 15 is 0 Å². The Labute approximate surface area is 170 Å². The molecule has 0 aliphatic rings. The number of carbonyl (C=O) groups is 1. The second-order valence-electron chi connectivity index (χ2n) is 5.49. The van der Waals surface area contributed by atoms with Crippen molar-refractivity contribution in [1.29, 1.82) is 0 Å². The Morgan fingerprint density at radius 1 is 1.14 bits per heavy atom. The molecule has 0 saturated heterocycles. The van der Waals surface area contributed by atoms with Crippen molar-refractivity contribution in [2.45, 2.75) is 13.1 Å². The SMILES string of the molecule is NC(=O)c1nnn(Cc2cccc(Cl)c2)c1N.[N-]=[N+]=NCc1cccc(Cl)c1. The molecule has 0 aliphatic carbocycles. The van der Waals surface area contributed by atoms with Gasteiger partial charge in [-0.1, -0.05) is 57.8 Å². The van der Waals surface area contributed by atoms with Gasteiger partial charge in [0.1, 0.15) is 0 Å². The second-order valence-corrected chi connectivity index (χ2v) is 6.37. The summed E-state index contributed by atoms with van der Waals surface area (Å²) < 4.78 is 1.39. The van der Waals surface area contributed by atoms with Gasteiger partial charge in [-0.05, 0) is 40.9 Å².